The van der Waals surface area contributed by atoms with Gasteiger partial charge in [0.15, 0.2) is 0 Å². The van der Waals surface area contributed by atoms with Gasteiger partial charge in [-0.1, -0.05) is 77.8 Å². The largest absolute Gasteiger partial charge is 0.508 e. The fourth-order valence-electron chi connectivity index (χ4n) is 9.75. The number of allylic oxidation sites excluding steroid dienone is 2. The minimum Gasteiger partial charge on any atom is -0.508 e. The van der Waals surface area contributed by atoms with E-state index in [1.807, 2.05) is 24.3 Å². The first kappa shape index (κ1) is 34.7. The lowest BCUT2D eigenvalue weighted by atomic mass is 9.49. The molecule has 2 aliphatic carbocycles. The van der Waals surface area contributed by atoms with E-state index in [0.29, 0.717) is 39.0 Å². The van der Waals surface area contributed by atoms with Gasteiger partial charge in [-0.2, -0.15) is 5.01 Å². The third-order valence-corrected chi connectivity index (χ3v) is 12.4. The fourth-order valence-corrected chi connectivity index (χ4v) is 9.87. The molecule has 55 heavy (non-hydrogen) atoms. The number of amides is 4. The summed E-state index contributed by atoms with van der Waals surface area (Å²) < 4.78 is 13.9. The van der Waals surface area contributed by atoms with E-state index in [9.17, 15) is 29.0 Å². The van der Waals surface area contributed by atoms with Crippen LogP contribution < -0.4 is 5.43 Å². The summed E-state index contributed by atoms with van der Waals surface area (Å²) >= 11 is 6.41. The Morgan fingerprint density at radius 1 is 0.782 bits per heavy atom. The number of imide groups is 2. The van der Waals surface area contributed by atoms with Crippen LogP contribution in [-0.2, 0) is 31.0 Å². The number of rotatable bonds is 7. The number of nitrogens with zero attached hydrogens (tertiary/aromatic N) is 2. The molecule has 0 unspecified atom stereocenters. The second-order valence-electron chi connectivity index (χ2n) is 14.8. The van der Waals surface area contributed by atoms with Crippen molar-refractivity contribution in [3.63, 3.8) is 0 Å². The minimum absolute atomic E-state index is 0.0516. The molecule has 0 radical (unpaired) electrons. The molecule has 9 rings (SSSR count). The summed E-state index contributed by atoms with van der Waals surface area (Å²) in [6, 6.07) is 29.6. The van der Waals surface area contributed by atoms with Gasteiger partial charge in [-0.05, 0) is 102 Å². The van der Waals surface area contributed by atoms with Gasteiger partial charge in [0.1, 0.15) is 17.3 Å². The van der Waals surface area contributed by atoms with Crippen molar-refractivity contribution in [1.29, 1.82) is 0 Å². The first-order valence-corrected chi connectivity index (χ1v) is 18.7. The standard InChI is InChI=1S/C44H35ClFN3O6/c45-26-9-7-25(8-10-26)44-36(41(53)49(43(44)55)47-28-13-11-27(46)12-14-28)23-35-33(39(44)32-19-20-37(51)31-4-2-1-3-30(31)32)17-18-34-38(35)42(54)48(40(34)52)22-21-24-5-15-29(50)16-6-24/h1-17,19-20,34-36,38-39,47,50-51H,18,21-23H2/t34-,35+,36-,38-,39-,44+/m0/s1. The molecule has 1 saturated carbocycles. The lowest BCUT2D eigenvalue weighted by molar-refractivity contribution is -0.141. The van der Waals surface area contributed by atoms with Gasteiger partial charge in [0.25, 0.3) is 11.8 Å². The Balaban J connectivity index is 1.22. The van der Waals surface area contributed by atoms with E-state index < -0.39 is 52.6 Å². The Morgan fingerprint density at radius 2 is 1.49 bits per heavy atom. The molecule has 0 aromatic heterocycles. The van der Waals surface area contributed by atoms with Gasteiger partial charge < -0.3 is 10.2 Å². The monoisotopic (exact) mass is 755 g/mol. The van der Waals surface area contributed by atoms with E-state index in [-0.39, 0.29) is 42.7 Å². The summed E-state index contributed by atoms with van der Waals surface area (Å²) in [5, 5.41) is 23.5. The maximum Gasteiger partial charge on any atom is 0.260 e. The van der Waals surface area contributed by atoms with Crippen molar-refractivity contribution in [1.82, 2.24) is 9.91 Å². The number of benzene rings is 5. The predicted octanol–water partition coefficient (Wildman–Crippen LogP) is 7.27. The highest BCUT2D eigenvalue weighted by Gasteiger charge is 2.70. The zero-order valence-corrected chi connectivity index (χ0v) is 30.1. The number of carbonyl (C=O) groups excluding carboxylic acids is 4. The molecular formula is C44H35ClFN3O6. The highest BCUT2D eigenvalue weighted by Crippen LogP contribution is 2.64. The lowest BCUT2D eigenvalue weighted by Gasteiger charge is -2.51. The van der Waals surface area contributed by atoms with Gasteiger partial charge >= 0.3 is 0 Å². The van der Waals surface area contributed by atoms with Crippen LogP contribution in [0.15, 0.2) is 121 Å². The summed E-state index contributed by atoms with van der Waals surface area (Å²) in [7, 11) is 0. The molecule has 5 aromatic carbocycles. The van der Waals surface area contributed by atoms with Crippen molar-refractivity contribution in [3.8, 4) is 11.5 Å². The molecule has 0 bridgehead atoms. The molecule has 9 nitrogen and oxygen atoms in total. The van der Waals surface area contributed by atoms with E-state index in [4.69, 9.17) is 11.6 Å². The number of nitrogens with one attached hydrogen (secondary N) is 1. The third-order valence-electron chi connectivity index (χ3n) is 12.2. The van der Waals surface area contributed by atoms with Gasteiger partial charge in [-0.15, -0.1) is 0 Å². The first-order valence-electron chi connectivity index (χ1n) is 18.3. The molecule has 6 atom stereocenters. The maximum absolute atomic E-state index is 15.4. The van der Waals surface area contributed by atoms with Gasteiger partial charge in [-0.3, -0.25) is 29.5 Å². The Morgan fingerprint density at radius 3 is 2.22 bits per heavy atom. The van der Waals surface area contributed by atoms with Crippen molar-refractivity contribution < 1.29 is 33.8 Å². The van der Waals surface area contributed by atoms with Crippen LogP contribution in [0.25, 0.3) is 10.8 Å². The van der Waals surface area contributed by atoms with Crippen molar-refractivity contribution in [2.45, 2.75) is 30.6 Å². The SMILES string of the molecule is O=C1[C@H]2[C@H](CC=C3[C@H]2C[C@H]2C(=O)N(Nc4ccc(F)cc4)C(=O)[C@@]2(c2ccc(Cl)cc2)[C@H]3c2ccc(O)c3ccccc23)C(=O)N1CCc1ccc(O)cc1. The Kier molecular flexibility index (Phi) is 8.27. The molecule has 2 heterocycles. The zero-order chi connectivity index (χ0) is 38.2. The maximum atomic E-state index is 15.4. The van der Waals surface area contributed by atoms with Gasteiger partial charge in [0, 0.05) is 22.9 Å². The second kappa shape index (κ2) is 13.1. The molecule has 5 aromatic rings. The molecule has 0 spiro atoms. The number of hydrazine groups is 1. The van der Waals surface area contributed by atoms with Gasteiger partial charge in [0.2, 0.25) is 11.8 Å². The topological polar surface area (TPSA) is 127 Å². The van der Waals surface area contributed by atoms with E-state index >= 15 is 4.79 Å². The van der Waals surface area contributed by atoms with Crippen LogP contribution in [0.3, 0.4) is 0 Å². The number of aromatic hydroxyl groups is 2. The number of halogens is 2. The summed E-state index contributed by atoms with van der Waals surface area (Å²) in [4.78, 5) is 60.3. The molecule has 11 heteroatoms. The molecule has 3 fully saturated rings. The Bertz CT molecular complexity index is 2440. The van der Waals surface area contributed by atoms with Gasteiger partial charge in [0.05, 0.1) is 28.9 Å². The summed E-state index contributed by atoms with van der Waals surface area (Å²) in [6.45, 7) is 0.161. The molecule has 4 amide bonds. The molecule has 4 aliphatic rings. The number of fused-ring (bicyclic) bond motifs is 5. The second-order valence-corrected chi connectivity index (χ2v) is 15.3. The smallest absolute Gasteiger partial charge is 0.260 e. The van der Waals surface area contributed by atoms with Crippen LogP contribution in [-0.4, -0.2) is 50.3 Å². The number of likely N-dealkylation sites (tertiary alicyclic amines) is 1. The van der Waals surface area contributed by atoms with Crippen LogP contribution in [0.2, 0.25) is 5.02 Å². The number of phenols is 2. The molecular weight excluding hydrogens is 721 g/mol. The van der Waals surface area contributed by atoms with E-state index in [0.717, 1.165) is 16.1 Å². The quantitative estimate of drug-likeness (QED) is 0.118. The number of hydrogen-bond donors (Lipinski definition) is 3. The Hall–Kier alpha value is -6.00. The van der Waals surface area contributed by atoms with Gasteiger partial charge in [-0.25, -0.2) is 4.39 Å². The average molecular weight is 756 g/mol. The van der Waals surface area contributed by atoms with E-state index in [2.05, 4.69) is 5.43 Å². The third kappa shape index (κ3) is 5.33. The number of hydrogen-bond acceptors (Lipinski definition) is 7. The number of anilines is 1. The van der Waals surface area contributed by atoms with Crippen molar-refractivity contribution in [2.75, 3.05) is 12.0 Å². The molecule has 2 aliphatic heterocycles. The van der Waals surface area contributed by atoms with Crippen molar-refractivity contribution >= 4 is 51.7 Å². The van der Waals surface area contributed by atoms with Crippen LogP contribution in [0.4, 0.5) is 10.1 Å². The van der Waals surface area contributed by atoms with Crippen LogP contribution in [0, 0.1) is 29.5 Å². The molecule has 2 saturated heterocycles. The molecule has 3 N–H and O–H groups in total. The first-order chi connectivity index (χ1) is 26.6. The van der Waals surface area contributed by atoms with Crippen LogP contribution in [0.5, 0.6) is 11.5 Å². The van der Waals surface area contributed by atoms with Crippen LogP contribution >= 0.6 is 11.6 Å². The highest BCUT2D eigenvalue weighted by atomic mass is 35.5. The average Bonchev–Trinajstić information content (AvgIpc) is 3.56. The lowest BCUT2D eigenvalue weighted by Crippen LogP contribution is -2.53. The van der Waals surface area contributed by atoms with Crippen molar-refractivity contribution in [2.24, 2.45) is 23.7 Å². The highest BCUT2D eigenvalue weighted by molar-refractivity contribution is 6.30. The molecule has 276 valence electrons. The summed E-state index contributed by atoms with van der Waals surface area (Å²) in [6.07, 6.45) is 2.78. The fraction of sp³-hybridized carbons (Fsp3) is 0.227. The Labute approximate surface area is 320 Å². The van der Waals surface area contributed by atoms with Crippen molar-refractivity contribution in [3.05, 3.63) is 148 Å². The van der Waals surface area contributed by atoms with Crippen LogP contribution in [0.1, 0.15) is 35.4 Å². The van der Waals surface area contributed by atoms with E-state index in [1.54, 1.807) is 66.7 Å². The predicted molar refractivity (Wildman–Crippen MR) is 203 cm³/mol. The number of phenolic OH excluding ortho intramolecular Hbond substituents is 2. The summed E-state index contributed by atoms with van der Waals surface area (Å²) in [5.74, 6) is -5.70. The summed E-state index contributed by atoms with van der Waals surface area (Å²) in [5.41, 5.74) is 4.64. The number of carbonyl (C=O) groups is 4. The van der Waals surface area contributed by atoms with E-state index in [1.165, 1.54) is 29.2 Å². The minimum atomic E-state index is -1.55. The normalized spacial score (nSPS) is 25.9. The zero-order valence-electron chi connectivity index (χ0n) is 29.4.